The lowest BCUT2D eigenvalue weighted by Crippen LogP contribution is -2.38. The van der Waals surface area contributed by atoms with Crippen molar-refractivity contribution in [2.24, 2.45) is 0 Å². The Bertz CT molecular complexity index is 949. The van der Waals surface area contributed by atoms with Crippen LogP contribution < -0.4 is 0 Å². The third kappa shape index (κ3) is 4.53. The summed E-state index contributed by atoms with van der Waals surface area (Å²) in [5, 5.41) is 9.41. The van der Waals surface area contributed by atoms with E-state index in [-0.39, 0.29) is 29.2 Å². The van der Waals surface area contributed by atoms with Crippen molar-refractivity contribution in [3.8, 4) is 11.6 Å². The van der Waals surface area contributed by atoms with Gasteiger partial charge in [-0.1, -0.05) is 31.0 Å². The van der Waals surface area contributed by atoms with Crippen molar-refractivity contribution in [2.75, 3.05) is 24.3 Å². The van der Waals surface area contributed by atoms with E-state index < -0.39 is 9.84 Å². The van der Waals surface area contributed by atoms with E-state index in [2.05, 4.69) is 14.8 Å². The molecule has 2 aliphatic rings. The van der Waals surface area contributed by atoms with Crippen LogP contribution in [0.2, 0.25) is 0 Å². The second kappa shape index (κ2) is 8.51. The van der Waals surface area contributed by atoms with Crippen LogP contribution in [0.15, 0.2) is 28.0 Å². The minimum absolute atomic E-state index is 0.0564. The largest absolute Gasteiger partial charge is 0.461 e. The molecule has 0 aromatic carbocycles. The molecule has 2 aromatic heterocycles. The van der Waals surface area contributed by atoms with E-state index in [9.17, 15) is 13.2 Å². The number of sulfone groups is 1. The first-order valence-electron chi connectivity index (χ1n) is 10.0. The summed E-state index contributed by atoms with van der Waals surface area (Å²) in [7, 11) is -1.33. The van der Waals surface area contributed by atoms with E-state index in [0.717, 1.165) is 12.8 Å². The zero-order valence-electron chi connectivity index (χ0n) is 16.5. The molecule has 29 heavy (non-hydrogen) atoms. The molecule has 1 aliphatic heterocycles. The van der Waals surface area contributed by atoms with E-state index in [0.29, 0.717) is 29.2 Å². The van der Waals surface area contributed by atoms with Crippen molar-refractivity contribution in [1.29, 1.82) is 0 Å². The molecule has 0 bridgehead atoms. The maximum atomic E-state index is 12.7. The fourth-order valence-corrected chi connectivity index (χ4v) is 6.83. The zero-order valence-corrected chi connectivity index (χ0v) is 18.1. The van der Waals surface area contributed by atoms with Crippen molar-refractivity contribution >= 4 is 27.5 Å². The molecular formula is C19H26N4O4S2. The molecule has 4 rings (SSSR count). The highest BCUT2D eigenvalue weighted by Crippen LogP contribution is 2.35. The van der Waals surface area contributed by atoms with E-state index in [4.69, 9.17) is 4.42 Å². The van der Waals surface area contributed by atoms with Crippen molar-refractivity contribution in [3.05, 3.63) is 18.4 Å². The molecule has 158 valence electrons. The summed E-state index contributed by atoms with van der Waals surface area (Å²) in [6.07, 6.45) is 7.84. The lowest BCUT2D eigenvalue weighted by atomic mass is 9.95. The summed E-state index contributed by atoms with van der Waals surface area (Å²) in [5.41, 5.74) is 0. The first kappa shape index (κ1) is 20.5. The Balaban J connectivity index is 1.49. The first-order chi connectivity index (χ1) is 13.9. The van der Waals surface area contributed by atoms with Gasteiger partial charge < -0.3 is 9.32 Å². The number of aromatic nitrogens is 3. The number of nitrogens with zero attached hydrogens (tertiary/aromatic N) is 4. The molecule has 0 N–H and O–H groups in total. The van der Waals surface area contributed by atoms with Gasteiger partial charge in [0.15, 0.2) is 20.8 Å². The molecule has 3 heterocycles. The maximum absolute atomic E-state index is 12.7. The molecule has 0 radical (unpaired) electrons. The number of furan rings is 1. The van der Waals surface area contributed by atoms with Gasteiger partial charge in [-0.05, 0) is 31.4 Å². The number of amides is 1. The predicted molar refractivity (Wildman–Crippen MR) is 110 cm³/mol. The van der Waals surface area contributed by atoms with Gasteiger partial charge in [0.25, 0.3) is 0 Å². The van der Waals surface area contributed by atoms with Gasteiger partial charge in [-0.2, -0.15) is 0 Å². The standard InChI is InChI=1S/C19H26N4O4S2/c1-22(15-9-11-29(25,26)13-15)17(24)12-28-19-21-20-18(16-8-5-10-27-16)23(19)14-6-3-2-4-7-14/h5,8,10,14-15H,2-4,6-7,9,11-13H2,1H3/t15-/m1/s1. The number of hydrogen-bond donors (Lipinski definition) is 0. The van der Waals surface area contributed by atoms with Crippen LogP contribution in [0.25, 0.3) is 11.6 Å². The van der Waals surface area contributed by atoms with Crippen LogP contribution in [0.1, 0.15) is 44.6 Å². The fourth-order valence-electron chi connectivity index (χ4n) is 4.13. The summed E-state index contributed by atoms with van der Waals surface area (Å²) in [5.74, 6) is 1.71. The average Bonchev–Trinajstić information content (AvgIpc) is 3.45. The Morgan fingerprint density at radius 3 is 2.72 bits per heavy atom. The average molecular weight is 439 g/mol. The number of thioether (sulfide) groups is 1. The Hall–Kier alpha value is -1.81. The first-order valence-corrected chi connectivity index (χ1v) is 12.8. The van der Waals surface area contributed by atoms with E-state index >= 15 is 0 Å². The lowest BCUT2D eigenvalue weighted by Gasteiger charge is -2.26. The number of hydrogen-bond acceptors (Lipinski definition) is 7. The molecule has 10 heteroatoms. The Kier molecular flexibility index (Phi) is 6.00. The van der Waals surface area contributed by atoms with Crippen LogP contribution in [-0.4, -0.2) is 64.3 Å². The van der Waals surface area contributed by atoms with Gasteiger partial charge in [-0.3, -0.25) is 9.36 Å². The van der Waals surface area contributed by atoms with Crippen LogP contribution in [0, 0.1) is 0 Å². The molecule has 1 amide bonds. The predicted octanol–water partition coefficient (Wildman–Crippen LogP) is 2.78. The highest BCUT2D eigenvalue weighted by Gasteiger charge is 2.33. The summed E-state index contributed by atoms with van der Waals surface area (Å²) < 4.78 is 31.1. The van der Waals surface area contributed by atoms with Gasteiger partial charge >= 0.3 is 0 Å². The highest BCUT2D eigenvalue weighted by atomic mass is 32.2. The van der Waals surface area contributed by atoms with E-state index in [1.807, 2.05) is 12.1 Å². The second-order valence-electron chi connectivity index (χ2n) is 7.80. The monoisotopic (exact) mass is 438 g/mol. The molecule has 2 aromatic rings. The van der Waals surface area contributed by atoms with Crippen molar-refractivity contribution in [3.63, 3.8) is 0 Å². The van der Waals surface area contributed by atoms with Gasteiger partial charge in [-0.15, -0.1) is 10.2 Å². The molecule has 0 spiro atoms. The van der Waals surface area contributed by atoms with Crippen LogP contribution in [-0.2, 0) is 14.6 Å². The van der Waals surface area contributed by atoms with Gasteiger partial charge in [0.1, 0.15) is 0 Å². The maximum Gasteiger partial charge on any atom is 0.233 e. The third-order valence-corrected chi connectivity index (χ3v) is 8.50. The molecule has 8 nitrogen and oxygen atoms in total. The number of carbonyl (C=O) groups excluding carboxylic acids is 1. The quantitative estimate of drug-likeness (QED) is 0.640. The SMILES string of the molecule is CN(C(=O)CSc1nnc(-c2ccco2)n1C1CCCCC1)[C@@H]1CCS(=O)(=O)C1. The Labute approximate surface area is 175 Å². The van der Waals surface area contributed by atoms with Crippen LogP contribution >= 0.6 is 11.8 Å². The minimum Gasteiger partial charge on any atom is -0.461 e. The Morgan fingerprint density at radius 1 is 1.28 bits per heavy atom. The Morgan fingerprint density at radius 2 is 2.07 bits per heavy atom. The molecule has 1 atom stereocenters. The summed E-state index contributed by atoms with van der Waals surface area (Å²) in [4.78, 5) is 14.2. The molecular weight excluding hydrogens is 412 g/mol. The summed E-state index contributed by atoms with van der Waals surface area (Å²) in [6, 6.07) is 3.77. The van der Waals surface area contributed by atoms with Crippen LogP contribution in [0.3, 0.4) is 0 Å². The van der Waals surface area contributed by atoms with Crippen molar-refractivity contribution in [1.82, 2.24) is 19.7 Å². The minimum atomic E-state index is -3.02. The lowest BCUT2D eigenvalue weighted by molar-refractivity contribution is -0.128. The third-order valence-electron chi connectivity index (χ3n) is 5.82. The second-order valence-corrected chi connectivity index (χ2v) is 11.0. The summed E-state index contributed by atoms with van der Waals surface area (Å²) >= 11 is 1.36. The van der Waals surface area contributed by atoms with Gasteiger partial charge in [-0.25, -0.2) is 8.42 Å². The molecule has 1 saturated carbocycles. The highest BCUT2D eigenvalue weighted by molar-refractivity contribution is 7.99. The van der Waals surface area contributed by atoms with Gasteiger partial charge in [0.05, 0.1) is 23.5 Å². The van der Waals surface area contributed by atoms with Crippen molar-refractivity contribution < 1.29 is 17.6 Å². The zero-order chi connectivity index (χ0) is 20.4. The normalized spacial score (nSPS) is 22.0. The van der Waals surface area contributed by atoms with E-state index in [1.165, 1.54) is 31.0 Å². The van der Waals surface area contributed by atoms with Crippen molar-refractivity contribution in [2.45, 2.75) is 55.8 Å². The number of carbonyl (C=O) groups is 1. The molecule has 2 fully saturated rings. The molecule has 1 saturated heterocycles. The smallest absolute Gasteiger partial charge is 0.233 e. The van der Waals surface area contributed by atoms with E-state index in [1.54, 1.807) is 18.2 Å². The summed E-state index contributed by atoms with van der Waals surface area (Å²) in [6.45, 7) is 0. The fraction of sp³-hybridized carbons (Fsp3) is 0.632. The molecule has 0 unspecified atom stereocenters. The van der Waals surface area contributed by atoms with Crippen LogP contribution in [0.4, 0.5) is 0 Å². The number of rotatable bonds is 6. The molecule has 1 aliphatic carbocycles. The van der Waals surface area contributed by atoms with Crippen LogP contribution in [0.5, 0.6) is 0 Å². The van der Waals surface area contributed by atoms with Gasteiger partial charge in [0, 0.05) is 19.1 Å². The van der Waals surface area contributed by atoms with Gasteiger partial charge in [0.2, 0.25) is 11.7 Å². The topological polar surface area (TPSA) is 98.3 Å².